The predicted molar refractivity (Wildman–Crippen MR) is 76.0 cm³/mol. The maximum Gasteiger partial charge on any atom is 0.146 e. The largest absolute Gasteiger partial charge is 0.485 e. The van der Waals surface area contributed by atoms with Crippen molar-refractivity contribution in [3.8, 4) is 5.75 Å². The van der Waals surface area contributed by atoms with Crippen LogP contribution in [0.4, 0.5) is 0 Å². The highest BCUT2D eigenvalue weighted by Gasteiger charge is 2.10. The third kappa shape index (κ3) is 3.15. The lowest BCUT2D eigenvalue weighted by atomic mass is 10.1. The minimum atomic E-state index is -0.0403. The predicted octanol–water partition coefficient (Wildman–Crippen LogP) is 2.81. The van der Waals surface area contributed by atoms with Gasteiger partial charge >= 0.3 is 0 Å². The van der Waals surface area contributed by atoms with E-state index < -0.39 is 0 Å². The molecule has 1 atom stereocenters. The fourth-order valence-electron chi connectivity index (χ4n) is 2.05. The lowest BCUT2D eigenvalue weighted by molar-refractivity contribution is 0.285. The second-order valence-electron chi connectivity index (χ2n) is 4.75. The van der Waals surface area contributed by atoms with Crippen LogP contribution < -0.4 is 10.5 Å². The molecule has 1 aromatic heterocycles. The Morgan fingerprint density at radius 2 is 2.21 bits per heavy atom. The van der Waals surface area contributed by atoms with Gasteiger partial charge < -0.3 is 15.0 Å². The first-order valence-electron chi connectivity index (χ1n) is 6.60. The van der Waals surface area contributed by atoms with Crippen molar-refractivity contribution in [3.63, 3.8) is 0 Å². The van der Waals surface area contributed by atoms with E-state index in [1.807, 2.05) is 32.2 Å². The monoisotopic (exact) mass is 259 g/mol. The van der Waals surface area contributed by atoms with Crippen molar-refractivity contribution in [2.45, 2.75) is 40.0 Å². The van der Waals surface area contributed by atoms with Crippen molar-refractivity contribution in [1.29, 1.82) is 0 Å². The number of hydrogen-bond donors (Lipinski definition) is 1. The van der Waals surface area contributed by atoms with Crippen molar-refractivity contribution < 1.29 is 4.74 Å². The summed E-state index contributed by atoms with van der Waals surface area (Å²) < 4.78 is 7.97. The molecule has 0 spiro atoms. The van der Waals surface area contributed by atoms with E-state index in [9.17, 15) is 0 Å². The van der Waals surface area contributed by atoms with Crippen molar-refractivity contribution in [2.75, 3.05) is 0 Å². The van der Waals surface area contributed by atoms with E-state index in [2.05, 4.69) is 22.5 Å². The summed E-state index contributed by atoms with van der Waals surface area (Å²) in [6.45, 7) is 7.46. The van der Waals surface area contributed by atoms with Gasteiger partial charge in [0.25, 0.3) is 0 Å². The summed E-state index contributed by atoms with van der Waals surface area (Å²) in [6.07, 6.45) is 3.76. The topological polar surface area (TPSA) is 53.1 Å². The third-order valence-corrected chi connectivity index (χ3v) is 3.16. The van der Waals surface area contributed by atoms with E-state index in [-0.39, 0.29) is 6.04 Å². The zero-order valence-electron chi connectivity index (χ0n) is 11.8. The summed E-state index contributed by atoms with van der Waals surface area (Å²) in [5.74, 6) is 1.78. The van der Waals surface area contributed by atoms with Crippen LogP contribution in [0.15, 0.2) is 30.6 Å². The second kappa shape index (κ2) is 5.89. The summed E-state index contributed by atoms with van der Waals surface area (Å²) in [5.41, 5.74) is 8.16. The van der Waals surface area contributed by atoms with Gasteiger partial charge in [-0.05, 0) is 32.4 Å². The molecule has 102 valence electrons. The number of imidazole rings is 1. The van der Waals surface area contributed by atoms with Crippen molar-refractivity contribution in [2.24, 2.45) is 5.73 Å². The van der Waals surface area contributed by atoms with E-state index in [0.29, 0.717) is 6.61 Å². The lowest BCUT2D eigenvalue weighted by Crippen LogP contribution is -2.10. The van der Waals surface area contributed by atoms with Crippen LogP contribution in [0.5, 0.6) is 5.75 Å². The smallest absolute Gasteiger partial charge is 0.146 e. The molecular formula is C15H21N3O. The first-order valence-corrected chi connectivity index (χ1v) is 6.60. The molecule has 0 bridgehead atoms. The molecule has 4 nitrogen and oxygen atoms in total. The van der Waals surface area contributed by atoms with Crippen LogP contribution in [-0.4, -0.2) is 9.55 Å². The number of nitrogens with two attached hydrogens (primary N) is 1. The number of nitrogens with zero attached hydrogens (tertiary/aromatic N) is 2. The van der Waals surface area contributed by atoms with Gasteiger partial charge in [0.2, 0.25) is 0 Å². The van der Waals surface area contributed by atoms with E-state index in [1.165, 1.54) is 5.56 Å². The Bertz CT molecular complexity index is 546. The van der Waals surface area contributed by atoms with Gasteiger partial charge in [-0.1, -0.05) is 12.1 Å². The van der Waals surface area contributed by atoms with Gasteiger partial charge in [-0.15, -0.1) is 0 Å². The molecule has 0 radical (unpaired) electrons. The standard InChI is InChI=1S/C15H21N3O/c1-4-18-8-7-17-15(18)10-19-14-9-11(2)5-6-13(14)12(3)16/h5-9,12H,4,10,16H2,1-3H3/t12-/m0/s1. The fourth-order valence-corrected chi connectivity index (χ4v) is 2.05. The Morgan fingerprint density at radius 3 is 2.89 bits per heavy atom. The molecule has 0 saturated heterocycles. The van der Waals surface area contributed by atoms with Crippen LogP contribution >= 0.6 is 0 Å². The zero-order valence-corrected chi connectivity index (χ0v) is 11.8. The van der Waals surface area contributed by atoms with E-state index in [0.717, 1.165) is 23.7 Å². The Labute approximate surface area is 114 Å². The van der Waals surface area contributed by atoms with Crippen LogP contribution in [0, 0.1) is 6.92 Å². The molecule has 1 heterocycles. The molecule has 0 saturated carbocycles. The molecule has 2 rings (SSSR count). The van der Waals surface area contributed by atoms with Gasteiger partial charge in [0.1, 0.15) is 18.2 Å². The number of aryl methyl sites for hydroxylation is 2. The molecule has 0 fully saturated rings. The lowest BCUT2D eigenvalue weighted by Gasteiger charge is -2.15. The molecule has 0 aliphatic heterocycles. The maximum absolute atomic E-state index is 5.97. The molecule has 2 aromatic rings. The highest BCUT2D eigenvalue weighted by Crippen LogP contribution is 2.25. The van der Waals surface area contributed by atoms with Crippen LogP contribution in [0.1, 0.15) is 36.8 Å². The zero-order chi connectivity index (χ0) is 13.8. The summed E-state index contributed by atoms with van der Waals surface area (Å²) in [4.78, 5) is 4.31. The summed E-state index contributed by atoms with van der Waals surface area (Å²) in [5, 5.41) is 0. The maximum atomic E-state index is 5.97. The third-order valence-electron chi connectivity index (χ3n) is 3.16. The van der Waals surface area contributed by atoms with Crippen LogP contribution in [0.3, 0.4) is 0 Å². The van der Waals surface area contributed by atoms with Crippen molar-refractivity contribution in [1.82, 2.24) is 9.55 Å². The number of benzene rings is 1. The summed E-state index contributed by atoms with van der Waals surface area (Å²) in [7, 11) is 0. The molecule has 0 aliphatic rings. The van der Waals surface area contributed by atoms with E-state index >= 15 is 0 Å². The highest BCUT2D eigenvalue weighted by atomic mass is 16.5. The number of aromatic nitrogens is 2. The molecule has 0 amide bonds. The van der Waals surface area contributed by atoms with E-state index in [1.54, 1.807) is 6.20 Å². The Balaban J connectivity index is 2.17. The first kappa shape index (κ1) is 13.6. The van der Waals surface area contributed by atoms with E-state index in [4.69, 9.17) is 10.5 Å². The SMILES string of the molecule is CCn1ccnc1COc1cc(C)ccc1[C@H](C)N. The Hall–Kier alpha value is -1.81. The average Bonchev–Trinajstić information content (AvgIpc) is 2.83. The molecule has 1 aromatic carbocycles. The first-order chi connectivity index (χ1) is 9.11. The van der Waals surface area contributed by atoms with Crippen LogP contribution in [-0.2, 0) is 13.2 Å². The molecule has 4 heteroatoms. The number of hydrogen-bond acceptors (Lipinski definition) is 3. The van der Waals surface area contributed by atoms with Crippen LogP contribution in [0.2, 0.25) is 0 Å². The molecule has 0 unspecified atom stereocenters. The number of ether oxygens (including phenoxy) is 1. The highest BCUT2D eigenvalue weighted by molar-refractivity contribution is 5.38. The van der Waals surface area contributed by atoms with Crippen molar-refractivity contribution >= 4 is 0 Å². The van der Waals surface area contributed by atoms with Gasteiger partial charge in [-0.3, -0.25) is 0 Å². The Morgan fingerprint density at radius 1 is 1.42 bits per heavy atom. The van der Waals surface area contributed by atoms with Gasteiger partial charge in [-0.25, -0.2) is 4.98 Å². The normalized spacial score (nSPS) is 12.4. The van der Waals surface area contributed by atoms with Gasteiger partial charge in [0.15, 0.2) is 0 Å². The van der Waals surface area contributed by atoms with Gasteiger partial charge in [0.05, 0.1) is 0 Å². The van der Waals surface area contributed by atoms with Gasteiger partial charge in [0, 0.05) is 30.5 Å². The molecule has 0 aliphatic carbocycles. The molecular weight excluding hydrogens is 238 g/mol. The molecule has 2 N–H and O–H groups in total. The molecule has 19 heavy (non-hydrogen) atoms. The quantitative estimate of drug-likeness (QED) is 0.898. The summed E-state index contributed by atoms with van der Waals surface area (Å²) in [6, 6.07) is 6.07. The van der Waals surface area contributed by atoms with Gasteiger partial charge in [-0.2, -0.15) is 0 Å². The Kier molecular flexibility index (Phi) is 4.22. The van der Waals surface area contributed by atoms with Crippen LogP contribution in [0.25, 0.3) is 0 Å². The van der Waals surface area contributed by atoms with Crippen molar-refractivity contribution in [3.05, 3.63) is 47.5 Å². The second-order valence-corrected chi connectivity index (χ2v) is 4.75. The average molecular weight is 259 g/mol. The minimum Gasteiger partial charge on any atom is -0.485 e. The minimum absolute atomic E-state index is 0.0403. The fraction of sp³-hybridized carbons (Fsp3) is 0.400. The summed E-state index contributed by atoms with van der Waals surface area (Å²) >= 11 is 0. The number of rotatable bonds is 5.